The number of nitrogens with one attached hydrogen (secondary N) is 2. The van der Waals surface area contributed by atoms with Crippen LogP contribution < -0.4 is 10.6 Å². The zero-order chi connectivity index (χ0) is 21.2. The number of aliphatic carboxylic acids is 1. The normalized spacial score (nSPS) is 12.3. The van der Waals surface area contributed by atoms with Crippen LogP contribution in [0, 0.1) is 11.3 Å². The van der Waals surface area contributed by atoms with E-state index in [9.17, 15) is 19.5 Å². The average Bonchev–Trinajstić information content (AvgIpc) is 2.72. The van der Waals surface area contributed by atoms with Crippen LogP contribution in [-0.2, 0) is 20.8 Å². The van der Waals surface area contributed by atoms with Crippen molar-refractivity contribution in [3.05, 3.63) is 71.3 Å². The largest absolute Gasteiger partial charge is 0.480 e. The van der Waals surface area contributed by atoms with E-state index in [0.717, 1.165) is 5.56 Å². The first kappa shape index (κ1) is 21.6. The van der Waals surface area contributed by atoms with Gasteiger partial charge in [-0.25, -0.2) is 4.79 Å². The topological polar surface area (TPSA) is 119 Å². The number of nitrogens with zero attached hydrogens (tertiary/aromatic N) is 1. The number of carbonyl (C=O) groups excluding carboxylic acids is 2. The lowest BCUT2D eigenvalue weighted by Gasteiger charge is -2.16. The van der Waals surface area contributed by atoms with Gasteiger partial charge < -0.3 is 15.7 Å². The molecule has 0 heterocycles. The number of hydrogen-bond donors (Lipinski definition) is 3. The molecule has 7 nitrogen and oxygen atoms in total. The summed E-state index contributed by atoms with van der Waals surface area (Å²) in [5.74, 6) is -2.03. The van der Waals surface area contributed by atoms with E-state index in [1.165, 1.54) is 0 Å². The first-order chi connectivity index (χ1) is 13.9. The Balaban J connectivity index is 1.86. The van der Waals surface area contributed by atoms with Crippen LogP contribution in [0.1, 0.15) is 42.5 Å². The van der Waals surface area contributed by atoms with E-state index in [0.29, 0.717) is 11.1 Å². The maximum atomic E-state index is 12.1. The average molecular weight is 393 g/mol. The van der Waals surface area contributed by atoms with Gasteiger partial charge in [0.15, 0.2) is 0 Å². The highest BCUT2D eigenvalue weighted by atomic mass is 16.4. The summed E-state index contributed by atoms with van der Waals surface area (Å²) in [5.41, 5.74) is 1.85. The van der Waals surface area contributed by atoms with Gasteiger partial charge in [-0.05, 0) is 24.1 Å². The third-order valence-electron chi connectivity index (χ3n) is 4.45. The number of carboxylic acid groups (broad SMARTS) is 1. The molecule has 2 aromatic rings. The molecular formula is C22H23N3O4. The van der Waals surface area contributed by atoms with Gasteiger partial charge in [0.2, 0.25) is 11.8 Å². The Labute approximate surface area is 169 Å². The van der Waals surface area contributed by atoms with E-state index >= 15 is 0 Å². The van der Waals surface area contributed by atoms with E-state index in [1.54, 1.807) is 24.3 Å². The molecule has 7 heteroatoms. The summed E-state index contributed by atoms with van der Waals surface area (Å²) < 4.78 is 0. The molecule has 2 atom stereocenters. The highest BCUT2D eigenvalue weighted by Gasteiger charge is 2.22. The Morgan fingerprint density at radius 3 is 2.17 bits per heavy atom. The SMILES string of the molecule is C[C@@H](NC(=O)CCC(=O)N[C@H](Cc1ccccc1C#N)C(=O)O)c1ccccc1. The van der Waals surface area contributed by atoms with Crippen molar-refractivity contribution in [2.45, 2.75) is 38.3 Å². The van der Waals surface area contributed by atoms with Crippen molar-refractivity contribution in [2.24, 2.45) is 0 Å². The fourth-order valence-corrected chi connectivity index (χ4v) is 2.86. The molecule has 0 bridgehead atoms. The smallest absolute Gasteiger partial charge is 0.326 e. The molecule has 0 aliphatic heterocycles. The Hall–Kier alpha value is -3.66. The van der Waals surface area contributed by atoms with Gasteiger partial charge in [0.1, 0.15) is 6.04 Å². The van der Waals surface area contributed by atoms with Crippen LogP contribution >= 0.6 is 0 Å². The highest BCUT2D eigenvalue weighted by Crippen LogP contribution is 2.12. The highest BCUT2D eigenvalue weighted by molar-refractivity contribution is 5.87. The molecule has 150 valence electrons. The summed E-state index contributed by atoms with van der Waals surface area (Å²) in [4.78, 5) is 35.7. The quantitative estimate of drug-likeness (QED) is 0.604. The third-order valence-corrected chi connectivity index (χ3v) is 4.45. The lowest BCUT2D eigenvalue weighted by molar-refractivity contribution is -0.141. The van der Waals surface area contributed by atoms with Gasteiger partial charge in [-0.2, -0.15) is 5.26 Å². The molecular weight excluding hydrogens is 370 g/mol. The third kappa shape index (κ3) is 6.78. The van der Waals surface area contributed by atoms with Crippen molar-refractivity contribution in [1.82, 2.24) is 10.6 Å². The number of rotatable bonds is 9. The molecule has 0 aliphatic rings. The molecule has 0 aliphatic carbocycles. The van der Waals surface area contributed by atoms with E-state index in [2.05, 4.69) is 10.6 Å². The Kier molecular flexibility index (Phi) is 7.92. The fourth-order valence-electron chi connectivity index (χ4n) is 2.86. The molecule has 2 aromatic carbocycles. The summed E-state index contributed by atoms with van der Waals surface area (Å²) in [6.45, 7) is 1.85. The van der Waals surface area contributed by atoms with E-state index in [-0.39, 0.29) is 31.2 Å². The van der Waals surface area contributed by atoms with Crippen LogP contribution in [0.5, 0.6) is 0 Å². The molecule has 29 heavy (non-hydrogen) atoms. The lowest BCUT2D eigenvalue weighted by Crippen LogP contribution is -2.42. The molecule has 0 saturated carbocycles. The van der Waals surface area contributed by atoms with Gasteiger partial charge >= 0.3 is 5.97 Å². The van der Waals surface area contributed by atoms with Crippen LogP contribution in [-0.4, -0.2) is 28.9 Å². The van der Waals surface area contributed by atoms with Gasteiger partial charge in [-0.1, -0.05) is 48.5 Å². The minimum atomic E-state index is -1.20. The Morgan fingerprint density at radius 1 is 0.966 bits per heavy atom. The Bertz CT molecular complexity index is 906. The monoisotopic (exact) mass is 393 g/mol. The van der Waals surface area contributed by atoms with Gasteiger partial charge in [-0.3, -0.25) is 9.59 Å². The second-order valence-corrected chi connectivity index (χ2v) is 6.63. The van der Waals surface area contributed by atoms with Crippen molar-refractivity contribution in [2.75, 3.05) is 0 Å². The van der Waals surface area contributed by atoms with Crippen molar-refractivity contribution >= 4 is 17.8 Å². The zero-order valence-electron chi connectivity index (χ0n) is 16.1. The van der Waals surface area contributed by atoms with E-state index < -0.39 is 17.9 Å². The van der Waals surface area contributed by atoms with Crippen molar-refractivity contribution in [1.29, 1.82) is 5.26 Å². The number of benzene rings is 2. The number of carbonyl (C=O) groups is 3. The van der Waals surface area contributed by atoms with Crippen molar-refractivity contribution in [3.63, 3.8) is 0 Å². The van der Waals surface area contributed by atoms with Crippen LogP contribution in [0.25, 0.3) is 0 Å². The second kappa shape index (κ2) is 10.6. The van der Waals surface area contributed by atoms with Crippen LogP contribution in [0.4, 0.5) is 0 Å². The standard InChI is InChI=1S/C22H23N3O4/c1-15(16-7-3-2-4-8-16)24-20(26)11-12-21(27)25-19(22(28)29)13-17-9-5-6-10-18(17)14-23/h2-10,15,19H,11-13H2,1H3,(H,24,26)(H,25,27)(H,28,29)/t15-,19-/m1/s1. The van der Waals surface area contributed by atoms with Gasteiger partial charge in [-0.15, -0.1) is 0 Å². The van der Waals surface area contributed by atoms with Crippen LogP contribution in [0.15, 0.2) is 54.6 Å². The predicted octanol–water partition coefficient (Wildman–Crippen LogP) is 2.33. The van der Waals surface area contributed by atoms with Gasteiger partial charge in [0, 0.05) is 19.3 Å². The molecule has 0 spiro atoms. The number of carboxylic acids is 1. The molecule has 0 unspecified atom stereocenters. The second-order valence-electron chi connectivity index (χ2n) is 6.63. The summed E-state index contributed by atoms with van der Waals surface area (Å²) >= 11 is 0. The van der Waals surface area contributed by atoms with Crippen LogP contribution in [0.3, 0.4) is 0 Å². The maximum Gasteiger partial charge on any atom is 0.326 e. The molecule has 2 amide bonds. The van der Waals surface area contributed by atoms with E-state index in [4.69, 9.17) is 5.26 Å². The van der Waals surface area contributed by atoms with E-state index in [1.807, 2.05) is 43.3 Å². The predicted molar refractivity (Wildman–Crippen MR) is 107 cm³/mol. The number of amides is 2. The van der Waals surface area contributed by atoms with Crippen molar-refractivity contribution in [3.8, 4) is 6.07 Å². The first-order valence-electron chi connectivity index (χ1n) is 9.25. The number of hydrogen-bond acceptors (Lipinski definition) is 4. The molecule has 2 rings (SSSR count). The molecule has 0 aromatic heterocycles. The molecule has 0 saturated heterocycles. The van der Waals surface area contributed by atoms with Gasteiger partial charge in [0.25, 0.3) is 0 Å². The number of nitriles is 1. The summed E-state index contributed by atoms with van der Waals surface area (Å²) in [6.07, 6.45) is -0.191. The van der Waals surface area contributed by atoms with Crippen LogP contribution in [0.2, 0.25) is 0 Å². The maximum absolute atomic E-state index is 12.1. The minimum Gasteiger partial charge on any atom is -0.480 e. The van der Waals surface area contributed by atoms with Crippen molar-refractivity contribution < 1.29 is 19.5 Å². The van der Waals surface area contributed by atoms with Gasteiger partial charge in [0.05, 0.1) is 17.7 Å². The summed E-state index contributed by atoms with van der Waals surface area (Å²) in [6, 6.07) is 16.7. The first-order valence-corrected chi connectivity index (χ1v) is 9.25. The zero-order valence-corrected chi connectivity index (χ0v) is 16.1. The Morgan fingerprint density at radius 2 is 1.55 bits per heavy atom. The molecule has 0 radical (unpaired) electrons. The summed E-state index contributed by atoms with van der Waals surface area (Å²) in [5, 5.41) is 23.8. The summed E-state index contributed by atoms with van der Waals surface area (Å²) in [7, 11) is 0. The lowest BCUT2D eigenvalue weighted by atomic mass is 10.0. The molecule has 3 N–H and O–H groups in total. The minimum absolute atomic E-state index is 0.0119. The molecule has 0 fully saturated rings. The fraction of sp³-hybridized carbons (Fsp3) is 0.273.